The zero-order valence-corrected chi connectivity index (χ0v) is 20.8. The summed E-state index contributed by atoms with van der Waals surface area (Å²) in [4.78, 5) is 22.5. The smallest absolute Gasteiger partial charge is 0.268 e. The van der Waals surface area contributed by atoms with Gasteiger partial charge in [-0.3, -0.25) is 9.89 Å². The van der Waals surface area contributed by atoms with Gasteiger partial charge in [-0.2, -0.15) is 5.10 Å². The molecule has 1 fully saturated rings. The Morgan fingerprint density at radius 1 is 1.28 bits per heavy atom. The van der Waals surface area contributed by atoms with Crippen molar-refractivity contribution in [3.05, 3.63) is 59.2 Å². The van der Waals surface area contributed by atoms with Gasteiger partial charge in [0.05, 0.1) is 11.9 Å². The third kappa shape index (κ3) is 3.62. The summed E-state index contributed by atoms with van der Waals surface area (Å²) < 4.78 is 6.29. The number of fused-ring (bicyclic) bond motifs is 2. The molecule has 1 aromatic carbocycles. The van der Waals surface area contributed by atoms with E-state index in [1.54, 1.807) is 6.20 Å². The summed E-state index contributed by atoms with van der Waals surface area (Å²) in [5.74, 6) is 0.840. The molecule has 2 aliphatic rings. The van der Waals surface area contributed by atoms with Crippen molar-refractivity contribution >= 4 is 27.8 Å². The molecule has 3 aromatic heterocycles. The summed E-state index contributed by atoms with van der Waals surface area (Å²) in [5.41, 5.74) is 12.5. The standard InChI is InChI=1S/C27H31N7O2/c1-14(2)22-19-10-17(27-34(13-16-6-8-29-11-16)24(25(28)35)15(3)36-27)4-5-21(19)32-23(22)18-7-9-30-26-20(18)12-31-33-26/h4-5,7,9-10,12,14,16,27,29,32H,6,8,11,13H2,1-3H3,(H2,28,35)(H,30,31,33). The Morgan fingerprint density at radius 2 is 2.14 bits per heavy atom. The van der Waals surface area contributed by atoms with Crippen molar-refractivity contribution in [2.75, 3.05) is 19.6 Å². The molecule has 2 unspecified atom stereocenters. The van der Waals surface area contributed by atoms with Crippen LogP contribution in [0.3, 0.4) is 0 Å². The highest BCUT2D eigenvalue weighted by Crippen LogP contribution is 2.42. The molecule has 0 aliphatic carbocycles. The van der Waals surface area contributed by atoms with Gasteiger partial charge in [0, 0.05) is 40.2 Å². The lowest BCUT2D eigenvalue weighted by Crippen LogP contribution is -2.35. The van der Waals surface area contributed by atoms with Gasteiger partial charge in [0.15, 0.2) is 11.9 Å². The number of nitrogens with one attached hydrogen (secondary N) is 3. The molecule has 36 heavy (non-hydrogen) atoms. The van der Waals surface area contributed by atoms with E-state index in [-0.39, 0.29) is 5.92 Å². The van der Waals surface area contributed by atoms with Crippen molar-refractivity contribution < 1.29 is 9.53 Å². The Morgan fingerprint density at radius 3 is 2.89 bits per heavy atom. The highest BCUT2D eigenvalue weighted by Gasteiger charge is 2.37. The normalized spacial score (nSPS) is 20.3. The van der Waals surface area contributed by atoms with Crippen LogP contribution >= 0.6 is 0 Å². The number of carbonyl (C=O) groups excluding carboxylic acids is 1. The Kier molecular flexibility index (Phi) is 5.44. The summed E-state index contributed by atoms with van der Waals surface area (Å²) in [6, 6.07) is 8.40. The Hall–Kier alpha value is -3.85. The van der Waals surface area contributed by atoms with Crippen molar-refractivity contribution in [1.29, 1.82) is 0 Å². The van der Waals surface area contributed by atoms with E-state index in [1.165, 1.54) is 5.56 Å². The van der Waals surface area contributed by atoms with E-state index >= 15 is 0 Å². The van der Waals surface area contributed by atoms with Crippen LogP contribution in [0.25, 0.3) is 33.2 Å². The maximum Gasteiger partial charge on any atom is 0.268 e. The van der Waals surface area contributed by atoms with Crippen LogP contribution in [-0.4, -0.2) is 50.6 Å². The molecule has 5 N–H and O–H groups in total. The zero-order valence-electron chi connectivity index (χ0n) is 20.8. The second-order valence-corrected chi connectivity index (χ2v) is 10.1. The van der Waals surface area contributed by atoms with Gasteiger partial charge >= 0.3 is 0 Å². The maximum atomic E-state index is 12.4. The minimum Gasteiger partial charge on any atom is -0.469 e. The monoisotopic (exact) mass is 485 g/mol. The van der Waals surface area contributed by atoms with E-state index in [2.05, 4.69) is 62.4 Å². The number of allylic oxidation sites excluding steroid dienone is 1. The van der Waals surface area contributed by atoms with E-state index in [0.717, 1.165) is 64.8 Å². The number of aromatic amines is 2. The van der Waals surface area contributed by atoms with Crippen LogP contribution in [0.15, 0.2) is 48.1 Å². The van der Waals surface area contributed by atoms with Crippen LogP contribution in [0, 0.1) is 5.92 Å². The quantitative estimate of drug-likeness (QED) is 0.328. The predicted octanol–water partition coefficient (Wildman–Crippen LogP) is 3.89. The third-order valence-electron chi connectivity index (χ3n) is 7.39. The van der Waals surface area contributed by atoms with E-state index in [0.29, 0.717) is 17.4 Å². The number of hydrogen-bond acceptors (Lipinski definition) is 6. The molecule has 0 bridgehead atoms. The Bertz CT molecular complexity index is 1490. The first kappa shape index (κ1) is 22.6. The van der Waals surface area contributed by atoms with E-state index in [9.17, 15) is 4.79 Å². The fourth-order valence-corrected chi connectivity index (χ4v) is 5.77. The molecule has 5 heterocycles. The minimum absolute atomic E-state index is 0.269. The Labute approximate surface area is 209 Å². The van der Waals surface area contributed by atoms with Gasteiger partial charge in [-0.1, -0.05) is 19.9 Å². The van der Waals surface area contributed by atoms with Crippen LogP contribution in [0.4, 0.5) is 0 Å². The lowest BCUT2D eigenvalue weighted by Gasteiger charge is -2.29. The number of H-pyrrole nitrogens is 2. The van der Waals surface area contributed by atoms with Gasteiger partial charge in [-0.25, -0.2) is 4.98 Å². The largest absolute Gasteiger partial charge is 0.469 e. The summed E-state index contributed by atoms with van der Waals surface area (Å²) in [6.45, 7) is 8.87. The first-order valence-corrected chi connectivity index (χ1v) is 12.5. The van der Waals surface area contributed by atoms with Crippen molar-refractivity contribution in [2.24, 2.45) is 11.7 Å². The third-order valence-corrected chi connectivity index (χ3v) is 7.39. The molecule has 9 nitrogen and oxygen atoms in total. The second kappa shape index (κ2) is 8.67. The lowest BCUT2D eigenvalue weighted by atomic mass is 9.94. The number of pyridine rings is 1. The van der Waals surface area contributed by atoms with Crippen LogP contribution in [0.1, 0.15) is 50.5 Å². The van der Waals surface area contributed by atoms with Crippen molar-refractivity contribution in [1.82, 2.24) is 30.4 Å². The summed E-state index contributed by atoms with van der Waals surface area (Å²) in [7, 11) is 0. The maximum absolute atomic E-state index is 12.4. The zero-order chi connectivity index (χ0) is 25.0. The molecule has 0 radical (unpaired) electrons. The molecule has 2 atom stereocenters. The van der Waals surface area contributed by atoms with Gasteiger partial charge in [0.2, 0.25) is 0 Å². The molecule has 1 amide bonds. The van der Waals surface area contributed by atoms with Crippen molar-refractivity contribution in [3.8, 4) is 11.3 Å². The van der Waals surface area contributed by atoms with Crippen molar-refractivity contribution in [3.63, 3.8) is 0 Å². The summed E-state index contributed by atoms with van der Waals surface area (Å²) in [6.07, 6.45) is 4.30. The molecule has 0 saturated carbocycles. The molecular formula is C27H31N7O2. The predicted molar refractivity (Wildman–Crippen MR) is 139 cm³/mol. The number of ether oxygens (including phenoxy) is 1. The van der Waals surface area contributed by atoms with Gasteiger partial charge in [0.25, 0.3) is 5.91 Å². The molecule has 4 aromatic rings. The number of hydrogen-bond donors (Lipinski definition) is 4. The van der Waals surface area contributed by atoms with Crippen LogP contribution < -0.4 is 11.1 Å². The number of primary amides is 1. The molecule has 6 rings (SSSR count). The number of aromatic nitrogens is 4. The molecular weight excluding hydrogens is 454 g/mol. The molecule has 9 heteroatoms. The minimum atomic E-state index is -0.448. The van der Waals surface area contributed by atoms with E-state index in [1.807, 2.05) is 19.2 Å². The molecule has 0 spiro atoms. The number of nitrogens with zero attached hydrogens (tertiary/aromatic N) is 3. The topological polar surface area (TPSA) is 125 Å². The number of rotatable bonds is 6. The van der Waals surface area contributed by atoms with Gasteiger partial charge in [0.1, 0.15) is 11.5 Å². The van der Waals surface area contributed by atoms with Crippen LogP contribution in [-0.2, 0) is 9.53 Å². The van der Waals surface area contributed by atoms with Crippen LogP contribution in [0.2, 0.25) is 0 Å². The van der Waals surface area contributed by atoms with Gasteiger partial charge in [-0.05, 0) is 62.0 Å². The molecule has 186 valence electrons. The van der Waals surface area contributed by atoms with E-state index < -0.39 is 12.1 Å². The fraction of sp³-hybridized carbons (Fsp3) is 0.370. The lowest BCUT2D eigenvalue weighted by molar-refractivity contribution is -0.116. The Balaban J connectivity index is 1.45. The highest BCUT2D eigenvalue weighted by atomic mass is 16.5. The second-order valence-electron chi connectivity index (χ2n) is 10.1. The molecule has 1 saturated heterocycles. The number of carbonyl (C=O) groups is 1. The average molecular weight is 486 g/mol. The van der Waals surface area contributed by atoms with Crippen LogP contribution in [0.5, 0.6) is 0 Å². The van der Waals surface area contributed by atoms with Gasteiger partial charge < -0.3 is 25.7 Å². The fourth-order valence-electron chi connectivity index (χ4n) is 5.77. The first-order valence-electron chi connectivity index (χ1n) is 12.5. The highest BCUT2D eigenvalue weighted by molar-refractivity contribution is 5.99. The number of nitrogens with two attached hydrogens (primary N) is 1. The number of benzene rings is 1. The van der Waals surface area contributed by atoms with Crippen molar-refractivity contribution in [2.45, 2.75) is 39.3 Å². The van der Waals surface area contributed by atoms with Gasteiger partial charge in [-0.15, -0.1) is 0 Å². The van der Waals surface area contributed by atoms with E-state index in [4.69, 9.17) is 10.5 Å². The molecule has 2 aliphatic heterocycles. The number of amides is 1. The average Bonchev–Trinajstić information content (AvgIpc) is 3.63. The SMILES string of the molecule is CC1=C(C(N)=O)N(CC2CCNC2)C(c2ccc3[nH]c(-c4ccnc5[nH]ncc45)c(C(C)C)c3c2)O1. The summed E-state index contributed by atoms with van der Waals surface area (Å²) >= 11 is 0. The summed E-state index contributed by atoms with van der Waals surface area (Å²) in [5, 5.41) is 12.7. The first-order chi connectivity index (χ1) is 17.4.